The molecule has 0 radical (unpaired) electrons. The highest BCUT2D eigenvalue weighted by atomic mass is 16.3. The zero-order chi connectivity index (χ0) is 10.7. The molecule has 2 rings (SSSR count). The molecule has 15 heavy (non-hydrogen) atoms. The first-order valence-electron chi connectivity index (χ1n) is 4.80. The van der Waals surface area contributed by atoms with Gasteiger partial charge in [-0.3, -0.25) is 0 Å². The van der Waals surface area contributed by atoms with Crippen LogP contribution in [-0.4, -0.2) is 0 Å². The SMILES string of the molecule is Cc1cccc(-c2cccc(N=O)c2)c1. The van der Waals surface area contributed by atoms with Crippen LogP contribution in [0.5, 0.6) is 0 Å². The van der Waals surface area contributed by atoms with Gasteiger partial charge in [0, 0.05) is 0 Å². The van der Waals surface area contributed by atoms with Gasteiger partial charge in [-0.1, -0.05) is 42.0 Å². The van der Waals surface area contributed by atoms with Crippen LogP contribution in [0.15, 0.2) is 53.7 Å². The first-order chi connectivity index (χ1) is 7.29. The monoisotopic (exact) mass is 197 g/mol. The van der Waals surface area contributed by atoms with Crippen molar-refractivity contribution in [2.75, 3.05) is 0 Å². The molecule has 0 amide bonds. The zero-order valence-corrected chi connectivity index (χ0v) is 8.47. The molecular weight excluding hydrogens is 186 g/mol. The lowest BCUT2D eigenvalue weighted by molar-refractivity contribution is 1.45. The number of nitroso groups, excluding NO2 is 1. The maximum absolute atomic E-state index is 10.4. The minimum Gasteiger partial charge on any atom is -0.145 e. The summed E-state index contributed by atoms with van der Waals surface area (Å²) >= 11 is 0. The zero-order valence-electron chi connectivity index (χ0n) is 8.47. The second-order valence-corrected chi connectivity index (χ2v) is 3.51. The molecule has 2 heteroatoms. The van der Waals surface area contributed by atoms with E-state index in [4.69, 9.17) is 0 Å². The summed E-state index contributed by atoms with van der Waals surface area (Å²) in [7, 11) is 0. The van der Waals surface area contributed by atoms with Crippen LogP contribution in [0.25, 0.3) is 11.1 Å². The molecule has 74 valence electrons. The van der Waals surface area contributed by atoms with Crippen molar-refractivity contribution in [2.45, 2.75) is 6.92 Å². The first-order valence-corrected chi connectivity index (χ1v) is 4.80. The van der Waals surface area contributed by atoms with E-state index in [9.17, 15) is 4.91 Å². The number of rotatable bonds is 2. The summed E-state index contributed by atoms with van der Waals surface area (Å²) in [6, 6.07) is 15.5. The van der Waals surface area contributed by atoms with Crippen LogP contribution >= 0.6 is 0 Å². The Morgan fingerprint density at radius 1 is 0.933 bits per heavy atom. The quantitative estimate of drug-likeness (QED) is 0.667. The van der Waals surface area contributed by atoms with Gasteiger partial charge in [0.05, 0.1) is 0 Å². The molecule has 0 aliphatic heterocycles. The molecule has 0 saturated heterocycles. The molecule has 2 nitrogen and oxygen atoms in total. The third-order valence-corrected chi connectivity index (χ3v) is 2.30. The van der Waals surface area contributed by atoms with Crippen molar-refractivity contribution >= 4 is 5.69 Å². The normalized spacial score (nSPS) is 9.93. The van der Waals surface area contributed by atoms with Gasteiger partial charge in [0.1, 0.15) is 5.69 Å². The van der Waals surface area contributed by atoms with Crippen LogP contribution < -0.4 is 0 Å². The van der Waals surface area contributed by atoms with Crippen LogP contribution in [0, 0.1) is 11.8 Å². The van der Waals surface area contributed by atoms with E-state index in [1.165, 1.54) is 5.56 Å². The summed E-state index contributed by atoms with van der Waals surface area (Å²) in [6.07, 6.45) is 0. The van der Waals surface area contributed by atoms with Gasteiger partial charge in [-0.25, -0.2) is 0 Å². The van der Waals surface area contributed by atoms with Gasteiger partial charge in [0.15, 0.2) is 0 Å². The molecule has 0 aliphatic carbocycles. The van der Waals surface area contributed by atoms with E-state index >= 15 is 0 Å². The third-order valence-electron chi connectivity index (χ3n) is 2.30. The molecule has 0 N–H and O–H groups in total. The van der Waals surface area contributed by atoms with Gasteiger partial charge in [0.25, 0.3) is 0 Å². The van der Waals surface area contributed by atoms with Crippen LogP contribution in [0.1, 0.15) is 5.56 Å². The van der Waals surface area contributed by atoms with Gasteiger partial charge < -0.3 is 0 Å². The first kappa shape index (κ1) is 9.59. The number of aryl methyl sites for hydroxylation is 1. The van der Waals surface area contributed by atoms with Crippen LogP contribution in [0.2, 0.25) is 0 Å². The lowest BCUT2D eigenvalue weighted by Gasteiger charge is -2.02. The summed E-state index contributed by atoms with van der Waals surface area (Å²) in [5, 5.41) is 2.93. The Morgan fingerprint density at radius 3 is 2.27 bits per heavy atom. The summed E-state index contributed by atoms with van der Waals surface area (Å²) in [4.78, 5) is 10.4. The molecule has 0 saturated carbocycles. The summed E-state index contributed by atoms with van der Waals surface area (Å²) in [5.74, 6) is 0. The van der Waals surface area contributed by atoms with E-state index in [1.807, 2.05) is 37.3 Å². The second-order valence-electron chi connectivity index (χ2n) is 3.51. The van der Waals surface area contributed by atoms with Crippen molar-refractivity contribution in [3.63, 3.8) is 0 Å². The largest absolute Gasteiger partial charge is 0.145 e. The maximum atomic E-state index is 10.4. The average molecular weight is 197 g/mol. The number of hydrogen-bond donors (Lipinski definition) is 0. The van der Waals surface area contributed by atoms with Gasteiger partial charge in [0.2, 0.25) is 0 Å². The van der Waals surface area contributed by atoms with Gasteiger partial charge >= 0.3 is 0 Å². The minimum absolute atomic E-state index is 0.467. The highest BCUT2D eigenvalue weighted by Crippen LogP contribution is 2.24. The molecule has 0 aromatic heterocycles. The smallest absolute Gasteiger partial charge is 0.108 e. The fraction of sp³-hybridized carbons (Fsp3) is 0.0769. The lowest BCUT2D eigenvalue weighted by Crippen LogP contribution is -1.78. The summed E-state index contributed by atoms with van der Waals surface area (Å²) in [5.41, 5.74) is 3.81. The average Bonchev–Trinajstić information content (AvgIpc) is 2.29. The molecule has 0 heterocycles. The van der Waals surface area contributed by atoms with Crippen molar-refractivity contribution in [3.8, 4) is 11.1 Å². The lowest BCUT2D eigenvalue weighted by atomic mass is 10.0. The molecule has 2 aromatic carbocycles. The van der Waals surface area contributed by atoms with Gasteiger partial charge in [-0.05, 0) is 35.4 Å². The Hall–Kier alpha value is -1.96. The van der Waals surface area contributed by atoms with E-state index in [0.29, 0.717) is 5.69 Å². The molecule has 0 aliphatic rings. The Morgan fingerprint density at radius 2 is 1.60 bits per heavy atom. The Labute approximate surface area is 88.5 Å². The van der Waals surface area contributed by atoms with E-state index in [1.54, 1.807) is 12.1 Å². The van der Waals surface area contributed by atoms with Crippen molar-refractivity contribution in [2.24, 2.45) is 5.18 Å². The Balaban J connectivity index is 2.49. The Kier molecular flexibility index (Phi) is 2.59. The second kappa shape index (κ2) is 4.05. The van der Waals surface area contributed by atoms with Crippen LogP contribution in [-0.2, 0) is 0 Å². The molecular formula is C13H11NO. The molecule has 0 bridgehead atoms. The predicted octanol–water partition coefficient (Wildman–Crippen LogP) is 4.06. The van der Waals surface area contributed by atoms with Crippen molar-refractivity contribution < 1.29 is 0 Å². The summed E-state index contributed by atoms with van der Waals surface area (Å²) in [6.45, 7) is 2.05. The Bertz CT molecular complexity index is 491. The maximum Gasteiger partial charge on any atom is 0.108 e. The van der Waals surface area contributed by atoms with Gasteiger partial charge in [-0.15, -0.1) is 4.91 Å². The van der Waals surface area contributed by atoms with E-state index in [0.717, 1.165) is 11.1 Å². The van der Waals surface area contributed by atoms with Crippen LogP contribution in [0.4, 0.5) is 5.69 Å². The number of benzene rings is 2. The highest BCUT2D eigenvalue weighted by Gasteiger charge is 1.99. The number of nitrogens with zero attached hydrogens (tertiary/aromatic N) is 1. The van der Waals surface area contributed by atoms with Crippen molar-refractivity contribution in [1.29, 1.82) is 0 Å². The number of hydrogen-bond acceptors (Lipinski definition) is 2. The molecule has 0 atom stereocenters. The van der Waals surface area contributed by atoms with E-state index in [-0.39, 0.29) is 0 Å². The predicted molar refractivity (Wildman–Crippen MR) is 62.1 cm³/mol. The minimum atomic E-state index is 0.467. The van der Waals surface area contributed by atoms with E-state index in [2.05, 4.69) is 11.2 Å². The fourth-order valence-electron chi connectivity index (χ4n) is 1.57. The summed E-state index contributed by atoms with van der Waals surface area (Å²) < 4.78 is 0. The highest BCUT2D eigenvalue weighted by molar-refractivity contribution is 5.67. The third kappa shape index (κ3) is 2.10. The van der Waals surface area contributed by atoms with Crippen LogP contribution in [0.3, 0.4) is 0 Å². The van der Waals surface area contributed by atoms with Crippen molar-refractivity contribution in [3.05, 3.63) is 59.0 Å². The molecule has 2 aromatic rings. The van der Waals surface area contributed by atoms with Crippen molar-refractivity contribution in [1.82, 2.24) is 0 Å². The van der Waals surface area contributed by atoms with E-state index < -0.39 is 0 Å². The molecule has 0 fully saturated rings. The fourth-order valence-corrected chi connectivity index (χ4v) is 1.57. The van der Waals surface area contributed by atoms with Gasteiger partial charge in [-0.2, -0.15) is 0 Å². The molecule has 0 spiro atoms. The molecule has 0 unspecified atom stereocenters. The standard InChI is InChI=1S/C13H11NO/c1-10-4-2-5-11(8-10)12-6-3-7-13(9-12)14-15/h2-9H,1H3. The topological polar surface area (TPSA) is 29.4 Å².